The number of aliphatic hydroxyl groups is 1. The molecular weight excluding hydrogens is 546 g/mol. The molecule has 1 aromatic carbocycles. The molecule has 2 unspecified atom stereocenters. The van der Waals surface area contributed by atoms with Gasteiger partial charge in [-0.05, 0) is 36.8 Å². The van der Waals surface area contributed by atoms with E-state index in [0.29, 0.717) is 6.07 Å². The van der Waals surface area contributed by atoms with Crippen LogP contribution in [0.3, 0.4) is 0 Å². The molecule has 0 saturated heterocycles. The fourth-order valence-electron chi connectivity index (χ4n) is 3.90. The molecule has 2 aromatic heterocycles. The first-order valence-electron chi connectivity index (χ1n) is 10.6. The molecule has 0 fully saturated rings. The number of alkyl halides is 6. The fourth-order valence-corrected chi connectivity index (χ4v) is 4.23. The summed E-state index contributed by atoms with van der Waals surface area (Å²) in [6.07, 6.45) is -9.45. The first kappa shape index (κ1) is 29.0. The number of pyridine rings is 2. The molecule has 2 atom stereocenters. The van der Waals surface area contributed by atoms with E-state index in [4.69, 9.17) is 21.4 Å². The zero-order valence-corrected chi connectivity index (χ0v) is 20.5. The first-order valence-corrected chi connectivity index (χ1v) is 11.0. The average molecular weight is 565 g/mol. The molecule has 0 bridgehead atoms. The maximum Gasteiger partial charge on any atom is 0.434 e. The van der Waals surface area contributed by atoms with Crippen molar-refractivity contribution in [3.63, 3.8) is 0 Å². The zero-order valence-electron chi connectivity index (χ0n) is 19.8. The van der Waals surface area contributed by atoms with Gasteiger partial charge in [0, 0.05) is 41.4 Å². The van der Waals surface area contributed by atoms with E-state index in [1.54, 1.807) is 0 Å². The minimum atomic E-state index is -5.21. The topological polar surface area (TPSA) is 102 Å². The van der Waals surface area contributed by atoms with Crippen LogP contribution in [0.1, 0.15) is 45.6 Å². The molecule has 2 N–H and O–H groups in total. The number of rotatable bonds is 6. The normalized spacial score (nSPS) is 14.6. The molecule has 0 aliphatic heterocycles. The lowest BCUT2D eigenvalue weighted by atomic mass is 9.78. The molecule has 0 saturated carbocycles. The molecule has 0 aliphatic carbocycles. The minimum absolute atomic E-state index is 0.0330. The summed E-state index contributed by atoms with van der Waals surface area (Å²) < 4.78 is 88.6. The molecule has 0 radical (unpaired) electrons. The number of carboxylic acid groups (broad SMARTS) is 1. The van der Waals surface area contributed by atoms with Gasteiger partial charge in [-0.3, -0.25) is 4.79 Å². The Morgan fingerprint density at radius 3 is 2.24 bits per heavy atom. The summed E-state index contributed by atoms with van der Waals surface area (Å²) in [7, 11) is 1.24. The van der Waals surface area contributed by atoms with Crippen LogP contribution in [0.25, 0.3) is 0 Å². The van der Waals surface area contributed by atoms with Crippen molar-refractivity contribution in [2.75, 3.05) is 0 Å². The van der Waals surface area contributed by atoms with Crippen LogP contribution < -0.4 is 10.3 Å². The van der Waals surface area contributed by atoms with E-state index < -0.39 is 58.1 Å². The highest BCUT2D eigenvalue weighted by Crippen LogP contribution is 2.50. The van der Waals surface area contributed by atoms with E-state index in [1.165, 1.54) is 14.0 Å². The maximum atomic E-state index is 14.3. The van der Waals surface area contributed by atoms with Gasteiger partial charge in [0.25, 0.3) is 5.56 Å². The van der Waals surface area contributed by atoms with E-state index in [2.05, 4.69) is 4.98 Å². The van der Waals surface area contributed by atoms with E-state index in [0.717, 1.165) is 48.0 Å². The fraction of sp³-hybridized carbons (Fsp3) is 0.292. The minimum Gasteiger partial charge on any atom is -0.478 e. The molecule has 14 heteroatoms. The summed E-state index contributed by atoms with van der Waals surface area (Å²) >= 11 is 6.20. The smallest absolute Gasteiger partial charge is 0.434 e. The molecule has 0 spiro atoms. The number of aromatic carboxylic acids is 1. The number of carbonyl (C=O) groups is 1. The SMILES string of the molecule is Cc1cc(C(O)(C(C)c2ccc(Oc3ccc(C(=O)O)c(C(F)(F)F)n3)cc2Cl)C(F)(F)F)cn(C)c1=O. The van der Waals surface area contributed by atoms with Crippen LogP contribution in [0, 0.1) is 6.92 Å². The molecule has 0 aliphatic rings. The summed E-state index contributed by atoms with van der Waals surface area (Å²) in [4.78, 5) is 26.2. The Balaban J connectivity index is 2.02. The lowest BCUT2D eigenvalue weighted by Gasteiger charge is -2.37. The van der Waals surface area contributed by atoms with E-state index in [9.17, 15) is 41.0 Å². The molecule has 7 nitrogen and oxygen atoms in total. The predicted octanol–water partition coefficient (Wildman–Crippen LogP) is 5.81. The van der Waals surface area contributed by atoms with Crippen LogP contribution in [0.15, 0.2) is 47.4 Å². The Labute approximate surface area is 215 Å². The number of carboxylic acids is 1. The first-order chi connectivity index (χ1) is 17.4. The third-order valence-corrected chi connectivity index (χ3v) is 6.22. The maximum absolute atomic E-state index is 14.3. The number of aromatic nitrogens is 2. The Morgan fingerprint density at radius 2 is 1.74 bits per heavy atom. The van der Waals surface area contributed by atoms with Crippen LogP contribution in [0.2, 0.25) is 5.02 Å². The average Bonchev–Trinajstić information content (AvgIpc) is 2.80. The van der Waals surface area contributed by atoms with Gasteiger partial charge in [0.05, 0.1) is 5.56 Å². The van der Waals surface area contributed by atoms with Crippen LogP contribution in [-0.2, 0) is 18.8 Å². The van der Waals surface area contributed by atoms with Crippen molar-refractivity contribution < 1.29 is 46.1 Å². The quantitative estimate of drug-likeness (QED) is 0.367. The Kier molecular flexibility index (Phi) is 7.59. The zero-order chi connectivity index (χ0) is 28.8. The second-order valence-electron chi connectivity index (χ2n) is 8.45. The lowest BCUT2D eigenvalue weighted by molar-refractivity contribution is -0.274. The summed E-state index contributed by atoms with van der Waals surface area (Å²) in [5, 5.41) is 19.6. The van der Waals surface area contributed by atoms with Crippen molar-refractivity contribution in [3.05, 3.63) is 85.9 Å². The van der Waals surface area contributed by atoms with Crippen molar-refractivity contribution in [1.82, 2.24) is 9.55 Å². The van der Waals surface area contributed by atoms with Crippen molar-refractivity contribution in [2.45, 2.75) is 37.7 Å². The van der Waals surface area contributed by atoms with Gasteiger partial charge in [0.15, 0.2) is 11.3 Å². The third kappa shape index (κ3) is 5.34. The molecule has 0 amide bonds. The van der Waals surface area contributed by atoms with Crippen LogP contribution >= 0.6 is 11.6 Å². The van der Waals surface area contributed by atoms with Crippen LogP contribution in [0.4, 0.5) is 26.3 Å². The number of ether oxygens (including phenoxy) is 1. The largest absolute Gasteiger partial charge is 0.478 e. The van der Waals surface area contributed by atoms with Crippen LogP contribution in [0.5, 0.6) is 11.6 Å². The molecular formula is C24H19ClF6N2O5. The molecule has 38 heavy (non-hydrogen) atoms. The van der Waals surface area contributed by atoms with Crippen molar-refractivity contribution in [1.29, 1.82) is 0 Å². The van der Waals surface area contributed by atoms with Crippen molar-refractivity contribution in [3.8, 4) is 11.6 Å². The highest BCUT2D eigenvalue weighted by atomic mass is 35.5. The Morgan fingerprint density at radius 1 is 1.11 bits per heavy atom. The number of halogens is 7. The highest BCUT2D eigenvalue weighted by Gasteiger charge is 2.59. The third-order valence-electron chi connectivity index (χ3n) is 5.89. The number of nitrogens with zero attached hydrogens (tertiary/aromatic N) is 2. The summed E-state index contributed by atoms with van der Waals surface area (Å²) in [5.74, 6) is -4.44. The predicted molar refractivity (Wildman–Crippen MR) is 123 cm³/mol. The lowest BCUT2D eigenvalue weighted by Crippen LogP contribution is -2.47. The summed E-state index contributed by atoms with van der Waals surface area (Å²) in [6, 6.07) is 5.64. The van der Waals surface area contributed by atoms with Gasteiger partial charge in [0.2, 0.25) is 5.88 Å². The number of hydrogen-bond acceptors (Lipinski definition) is 5. The number of aryl methyl sites for hydroxylation is 2. The van der Waals surface area contributed by atoms with Gasteiger partial charge < -0.3 is 19.5 Å². The standard InChI is InChI=1S/C24H19ClF6N2O5/c1-11-8-13(10-33(3)20(11)34)22(37,24(29,30)31)12(2)15-5-4-14(9-17(15)25)38-18-7-6-16(21(35)36)19(32-18)23(26,27)28/h4-10,12,37H,1-3H3,(H,35,36). The second kappa shape index (κ2) is 9.95. The second-order valence-corrected chi connectivity index (χ2v) is 8.85. The number of hydrogen-bond donors (Lipinski definition) is 2. The molecule has 3 aromatic rings. The molecule has 204 valence electrons. The van der Waals surface area contributed by atoms with E-state index in [1.807, 2.05) is 0 Å². The van der Waals surface area contributed by atoms with Gasteiger partial charge >= 0.3 is 18.3 Å². The van der Waals surface area contributed by atoms with Crippen molar-refractivity contribution in [2.24, 2.45) is 7.05 Å². The van der Waals surface area contributed by atoms with Crippen molar-refractivity contribution >= 4 is 17.6 Å². The van der Waals surface area contributed by atoms with E-state index >= 15 is 0 Å². The molecule has 3 rings (SSSR count). The van der Waals surface area contributed by atoms with Gasteiger partial charge in [0.1, 0.15) is 5.75 Å². The monoisotopic (exact) mass is 564 g/mol. The van der Waals surface area contributed by atoms with Gasteiger partial charge in [-0.15, -0.1) is 0 Å². The highest BCUT2D eigenvalue weighted by molar-refractivity contribution is 6.31. The Hall–Kier alpha value is -3.58. The Bertz CT molecular complexity index is 1430. The summed E-state index contributed by atoms with van der Waals surface area (Å²) in [6.45, 7) is 2.37. The van der Waals surface area contributed by atoms with E-state index in [-0.39, 0.29) is 21.9 Å². The van der Waals surface area contributed by atoms with Gasteiger partial charge in [-0.1, -0.05) is 24.6 Å². The van der Waals surface area contributed by atoms with Gasteiger partial charge in [-0.25, -0.2) is 9.78 Å². The number of benzene rings is 1. The summed E-state index contributed by atoms with van der Waals surface area (Å²) in [5.41, 5.74) is -7.66. The van der Waals surface area contributed by atoms with Crippen LogP contribution in [-0.4, -0.2) is 31.9 Å². The van der Waals surface area contributed by atoms with Gasteiger partial charge in [-0.2, -0.15) is 26.3 Å². The molecule has 2 heterocycles.